The lowest BCUT2D eigenvalue weighted by Gasteiger charge is -2.05. The molecule has 1 heterocycles. The molecule has 12 heavy (non-hydrogen) atoms. The first kappa shape index (κ1) is 7.35. The van der Waals surface area contributed by atoms with Gasteiger partial charge in [-0.1, -0.05) is 30.3 Å². The van der Waals surface area contributed by atoms with Gasteiger partial charge in [0.05, 0.1) is 0 Å². The van der Waals surface area contributed by atoms with Gasteiger partial charge in [-0.15, -0.1) is 0 Å². The fraction of sp³-hybridized carbons (Fsp3) is 0.300. The predicted molar refractivity (Wildman–Crippen MR) is 46.8 cm³/mol. The standard InChI is InChI=1S/C10H11NO/c12-10-6-9(7-11-10)8-4-2-1-3-5-8/h1-5,9H,6-7H2,(H,11,12). The van der Waals surface area contributed by atoms with Crippen LogP contribution in [0.2, 0.25) is 0 Å². The zero-order valence-electron chi connectivity index (χ0n) is 6.79. The van der Waals surface area contributed by atoms with Gasteiger partial charge >= 0.3 is 0 Å². The summed E-state index contributed by atoms with van der Waals surface area (Å²) in [6.07, 6.45) is 0.643. The Morgan fingerprint density at radius 3 is 2.58 bits per heavy atom. The van der Waals surface area contributed by atoms with Gasteiger partial charge in [-0.05, 0) is 5.56 Å². The number of benzene rings is 1. The molecule has 0 bridgehead atoms. The molecule has 1 atom stereocenters. The summed E-state index contributed by atoms with van der Waals surface area (Å²) < 4.78 is 0. The Morgan fingerprint density at radius 1 is 1.25 bits per heavy atom. The fourth-order valence-corrected chi connectivity index (χ4v) is 1.57. The molecule has 1 N–H and O–H groups in total. The van der Waals surface area contributed by atoms with Crippen LogP contribution in [-0.4, -0.2) is 12.5 Å². The lowest BCUT2D eigenvalue weighted by atomic mass is 9.99. The minimum atomic E-state index is 0.170. The maximum absolute atomic E-state index is 10.9. The van der Waals surface area contributed by atoms with E-state index in [-0.39, 0.29) is 5.91 Å². The normalized spacial score (nSPS) is 22.3. The third kappa shape index (κ3) is 1.33. The van der Waals surface area contributed by atoms with Crippen LogP contribution in [0.25, 0.3) is 0 Å². The number of hydrogen-bond donors (Lipinski definition) is 1. The van der Waals surface area contributed by atoms with E-state index in [1.54, 1.807) is 0 Å². The Hall–Kier alpha value is -1.31. The molecule has 0 aliphatic carbocycles. The second kappa shape index (κ2) is 2.97. The molecule has 1 aliphatic rings. The van der Waals surface area contributed by atoms with Gasteiger partial charge in [0.25, 0.3) is 0 Å². The van der Waals surface area contributed by atoms with E-state index in [2.05, 4.69) is 17.4 Å². The molecule has 2 nitrogen and oxygen atoms in total. The van der Waals surface area contributed by atoms with Crippen LogP contribution in [-0.2, 0) is 4.79 Å². The first-order valence-electron chi connectivity index (χ1n) is 4.18. The molecule has 1 amide bonds. The second-order valence-corrected chi connectivity index (χ2v) is 3.12. The van der Waals surface area contributed by atoms with E-state index >= 15 is 0 Å². The third-order valence-electron chi connectivity index (χ3n) is 2.25. The molecule has 0 aromatic heterocycles. The summed E-state index contributed by atoms with van der Waals surface area (Å²) in [7, 11) is 0. The van der Waals surface area contributed by atoms with Crippen LogP contribution in [0.5, 0.6) is 0 Å². The highest BCUT2D eigenvalue weighted by molar-refractivity contribution is 5.79. The molecule has 62 valence electrons. The van der Waals surface area contributed by atoms with E-state index in [0.29, 0.717) is 12.3 Å². The highest BCUT2D eigenvalue weighted by Crippen LogP contribution is 2.21. The lowest BCUT2D eigenvalue weighted by molar-refractivity contribution is -0.119. The second-order valence-electron chi connectivity index (χ2n) is 3.12. The Balaban J connectivity index is 2.16. The summed E-state index contributed by atoms with van der Waals surface area (Å²) >= 11 is 0. The minimum absolute atomic E-state index is 0.170. The molecular weight excluding hydrogens is 150 g/mol. The Bertz CT molecular complexity index is 281. The van der Waals surface area contributed by atoms with Gasteiger partial charge < -0.3 is 5.32 Å². The lowest BCUT2D eigenvalue weighted by Crippen LogP contribution is -2.13. The van der Waals surface area contributed by atoms with Crippen molar-refractivity contribution in [3.63, 3.8) is 0 Å². The summed E-state index contributed by atoms with van der Waals surface area (Å²) in [5, 5.41) is 2.83. The maximum atomic E-state index is 10.9. The van der Waals surface area contributed by atoms with Crippen LogP contribution < -0.4 is 5.32 Å². The molecule has 1 unspecified atom stereocenters. The van der Waals surface area contributed by atoms with Crippen LogP contribution in [0.3, 0.4) is 0 Å². The van der Waals surface area contributed by atoms with Crippen molar-refractivity contribution in [2.24, 2.45) is 0 Å². The molecule has 0 radical (unpaired) electrons. The first-order chi connectivity index (χ1) is 5.86. The fourth-order valence-electron chi connectivity index (χ4n) is 1.57. The summed E-state index contributed by atoms with van der Waals surface area (Å²) in [4.78, 5) is 10.9. The van der Waals surface area contributed by atoms with Crippen molar-refractivity contribution in [1.29, 1.82) is 0 Å². The van der Waals surface area contributed by atoms with Crippen molar-refractivity contribution in [3.8, 4) is 0 Å². The molecule has 1 fully saturated rings. The van der Waals surface area contributed by atoms with Crippen molar-refractivity contribution < 1.29 is 4.79 Å². The van der Waals surface area contributed by atoms with E-state index in [9.17, 15) is 4.79 Å². The number of rotatable bonds is 1. The van der Waals surface area contributed by atoms with E-state index in [0.717, 1.165) is 6.54 Å². The molecule has 1 aromatic carbocycles. The van der Waals surface area contributed by atoms with Crippen LogP contribution in [0, 0.1) is 0 Å². The highest BCUT2D eigenvalue weighted by atomic mass is 16.1. The summed E-state index contributed by atoms with van der Waals surface area (Å²) in [5.41, 5.74) is 1.26. The van der Waals surface area contributed by atoms with Gasteiger partial charge in [-0.2, -0.15) is 0 Å². The molecular formula is C10H11NO. The first-order valence-corrected chi connectivity index (χ1v) is 4.18. The number of nitrogens with one attached hydrogen (secondary N) is 1. The smallest absolute Gasteiger partial charge is 0.220 e. The van der Waals surface area contributed by atoms with Gasteiger partial charge in [0.15, 0.2) is 0 Å². The van der Waals surface area contributed by atoms with E-state index in [1.165, 1.54) is 5.56 Å². The van der Waals surface area contributed by atoms with Crippen LogP contribution >= 0.6 is 0 Å². The van der Waals surface area contributed by atoms with Gasteiger partial charge in [-0.3, -0.25) is 4.79 Å². The molecule has 1 aliphatic heterocycles. The molecule has 1 saturated heterocycles. The van der Waals surface area contributed by atoms with Crippen LogP contribution in [0.15, 0.2) is 30.3 Å². The van der Waals surface area contributed by atoms with E-state index < -0.39 is 0 Å². The monoisotopic (exact) mass is 161 g/mol. The van der Waals surface area contributed by atoms with Crippen molar-refractivity contribution in [2.45, 2.75) is 12.3 Å². The largest absolute Gasteiger partial charge is 0.355 e. The zero-order chi connectivity index (χ0) is 8.39. The predicted octanol–water partition coefficient (Wildman–Crippen LogP) is 1.29. The van der Waals surface area contributed by atoms with Crippen molar-refractivity contribution in [2.75, 3.05) is 6.54 Å². The average molecular weight is 161 g/mol. The number of carbonyl (C=O) groups is 1. The van der Waals surface area contributed by atoms with E-state index in [4.69, 9.17) is 0 Å². The van der Waals surface area contributed by atoms with Crippen molar-refractivity contribution in [3.05, 3.63) is 35.9 Å². The van der Waals surface area contributed by atoms with Crippen molar-refractivity contribution >= 4 is 5.91 Å². The molecule has 0 spiro atoms. The summed E-state index contributed by atoms with van der Waals surface area (Å²) in [5.74, 6) is 0.558. The zero-order valence-corrected chi connectivity index (χ0v) is 6.79. The summed E-state index contributed by atoms with van der Waals surface area (Å²) in [6, 6.07) is 10.2. The van der Waals surface area contributed by atoms with Gasteiger partial charge in [0.2, 0.25) is 5.91 Å². The topological polar surface area (TPSA) is 29.1 Å². The van der Waals surface area contributed by atoms with E-state index in [1.807, 2.05) is 18.2 Å². The maximum Gasteiger partial charge on any atom is 0.220 e. The Labute approximate surface area is 71.6 Å². The molecule has 2 rings (SSSR count). The minimum Gasteiger partial charge on any atom is -0.355 e. The number of amides is 1. The quantitative estimate of drug-likeness (QED) is 0.660. The summed E-state index contributed by atoms with van der Waals surface area (Å²) in [6.45, 7) is 0.794. The van der Waals surface area contributed by atoms with Crippen molar-refractivity contribution in [1.82, 2.24) is 5.32 Å². The Kier molecular flexibility index (Phi) is 1.82. The average Bonchev–Trinajstić information content (AvgIpc) is 2.54. The van der Waals surface area contributed by atoms with Gasteiger partial charge in [0.1, 0.15) is 0 Å². The van der Waals surface area contributed by atoms with Crippen LogP contribution in [0.4, 0.5) is 0 Å². The van der Waals surface area contributed by atoms with Gasteiger partial charge in [0, 0.05) is 18.9 Å². The van der Waals surface area contributed by atoms with Crippen LogP contribution in [0.1, 0.15) is 17.9 Å². The molecule has 1 aromatic rings. The SMILES string of the molecule is O=C1CC(c2ccccc2)CN1. The number of carbonyl (C=O) groups excluding carboxylic acids is 1. The molecule has 0 saturated carbocycles. The Morgan fingerprint density at radius 2 is 2.00 bits per heavy atom. The number of hydrogen-bond acceptors (Lipinski definition) is 1. The molecule has 2 heteroatoms. The highest BCUT2D eigenvalue weighted by Gasteiger charge is 2.22. The third-order valence-corrected chi connectivity index (χ3v) is 2.25. The van der Waals surface area contributed by atoms with Gasteiger partial charge in [-0.25, -0.2) is 0 Å².